The topological polar surface area (TPSA) is 88.5 Å². The van der Waals surface area contributed by atoms with E-state index in [1.807, 2.05) is 0 Å². The summed E-state index contributed by atoms with van der Waals surface area (Å²) < 4.78 is 5.15. The minimum absolute atomic E-state index is 0.130. The van der Waals surface area contributed by atoms with Crippen molar-refractivity contribution in [3.63, 3.8) is 0 Å². The van der Waals surface area contributed by atoms with Gasteiger partial charge >= 0.3 is 5.97 Å². The van der Waals surface area contributed by atoms with Gasteiger partial charge in [0.1, 0.15) is 0 Å². The lowest BCUT2D eigenvalue weighted by Gasteiger charge is -2.34. The van der Waals surface area contributed by atoms with Gasteiger partial charge in [-0.3, -0.25) is 9.78 Å². The van der Waals surface area contributed by atoms with E-state index >= 15 is 0 Å². The van der Waals surface area contributed by atoms with Crippen LogP contribution >= 0.6 is 0 Å². The van der Waals surface area contributed by atoms with Crippen LogP contribution in [0.25, 0.3) is 6.08 Å². The molecule has 0 saturated heterocycles. The molecule has 0 aromatic carbocycles. The first-order chi connectivity index (χ1) is 9.58. The largest absolute Gasteiger partial charge is 0.478 e. The molecule has 2 N–H and O–H groups in total. The molecule has 20 heavy (non-hydrogen) atoms. The van der Waals surface area contributed by atoms with Crippen molar-refractivity contribution in [2.75, 3.05) is 7.11 Å². The number of methoxy groups -OCH3 is 1. The average molecular weight is 276 g/mol. The molecule has 1 heterocycles. The molecule has 0 atom stereocenters. The fourth-order valence-corrected chi connectivity index (χ4v) is 1.99. The molecule has 1 saturated carbocycles. The maximum absolute atomic E-state index is 12.0. The standard InChI is InChI=1S/C14H16N2O4/c1-20-12-5-11(6-12)16-14(19)10-4-9(7-15-8-10)2-3-13(17)18/h2-4,7-8,11-12H,5-6H2,1H3,(H,16,19)(H,17,18)/b3-2+. The number of hydrogen-bond acceptors (Lipinski definition) is 4. The second-order valence-electron chi connectivity index (χ2n) is 4.68. The number of rotatable bonds is 5. The Labute approximate surface area is 116 Å². The number of pyridine rings is 1. The van der Waals surface area contributed by atoms with Crippen LogP contribution in [0.4, 0.5) is 0 Å². The van der Waals surface area contributed by atoms with Gasteiger partial charge in [-0.05, 0) is 30.5 Å². The Hall–Kier alpha value is -2.21. The molecule has 106 valence electrons. The van der Waals surface area contributed by atoms with Crippen molar-refractivity contribution < 1.29 is 19.4 Å². The Bertz CT molecular complexity index is 536. The lowest BCUT2D eigenvalue weighted by molar-refractivity contribution is -0.131. The molecule has 6 nitrogen and oxygen atoms in total. The van der Waals surface area contributed by atoms with E-state index in [9.17, 15) is 9.59 Å². The number of carboxylic acids is 1. The van der Waals surface area contributed by atoms with Crippen LogP contribution < -0.4 is 5.32 Å². The van der Waals surface area contributed by atoms with Gasteiger partial charge in [-0.15, -0.1) is 0 Å². The normalized spacial score (nSPS) is 21.4. The Morgan fingerprint density at radius 1 is 1.45 bits per heavy atom. The summed E-state index contributed by atoms with van der Waals surface area (Å²) in [5.74, 6) is -1.25. The third-order valence-corrected chi connectivity index (χ3v) is 3.20. The van der Waals surface area contributed by atoms with E-state index in [1.165, 1.54) is 18.5 Å². The van der Waals surface area contributed by atoms with Crippen LogP contribution in [-0.4, -0.2) is 41.2 Å². The predicted molar refractivity (Wildman–Crippen MR) is 72.2 cm³/mol. The van der Waals surface area contributed by atoms with E-state index in [-0.39, 0.29) is 18.1 Å². The zero-order chi connectivity index (χ0) is 14.5. The van der Waals surface area contributed by atoms with E-state index in [0.717, 1.165) is 18.9 Å². The van der Waals surface area contributed by atoms with Crippen LogP contribution in [0.3, 0.4) is 0 Å². The van der Waals surface area contributed by atoms with Crippen molar-refractivity contribution in [3.8, 4) is 0 Å². The molecule has 0 radical (unpaired) electrons. The fraction of sp³-hybridized carbons (Fsp3) is 0.357. The molecule has 1 aliphatic rings. The molecule has 1 aromatic heterocycles. The first kappa shape index (κ1) is 14.2. The Morgan fingerprint density at radius 2 is 2.20 bits per heavy atom. The van der Waals surface area contributed by atoms with Crippen LogP contribution in [0.1, 0.15) is 28.8 Å². The highest BCUT2D eigenvalue weighted by Crippen LogP contribution is 2.22. The smallest absolute Gasteiger partial charge is 0.328 e. The Kier molecular flexibility index (Phi) is 4.47. The molecule has 1 aliphatic carbocycles. The number of nitrogens with one attached hydrogen (secondary N) is 1. The molecule has 0 spiro atoms. The third-order valence-electron chi connectivity index (χ3n) is 3.20. The maximum atomic E-state index is 12.0. The van der Waals surface area contributed by atoms with Gasteiger partial charge in [0.2, 0.25) is 0 Å². The third kappa shape index (κ3) is 3.64. The Balaban J connectivity index is 1.96. The minimum Gasteiger partial charge on any atom is -0.478 e. The number of carbonyl (C=O) groups excluding carboxylic acids is 1. The van der Waals surface area contributed by atoms with Crippen LogP contribution in [0, 0.1) is 0 Å². The van der Waals surface area contributed by atoms with Gasteiger partial charge in [0, 0.05) is 31.6 Å². The van der Waals surface area contributed by atoms with Gasteiger partial charge < -0.3 is 15.2 Å². The highest BCUT2D eigenvalue weighted by Gasteiger charge is 2.30. The lowest BCUT2D eigenvalue weighted by Crippen LogP contribution is -2.47. The van der Waals surface area contributed by atoms with E-state index in [1.54, 1.807) is 13.2 Å². The quantitative estimate of drug-likeness (QED) is 0.786. The van der Waals surface area contributed by atoms with E-state index in [0.29, 0.717) is 11.1 Å². The number of carbonyl (C=O) groups is 2. The number of ether oxygens (including phenoxy) is 1. The van der Waals surface area contributed by atoms with Crippen LogP contribution in [-0.2, 0) is 9.53 Å². The van der Waals surface area contributed by atoms with Crippen molar-refractivity contribution in [1.29, 1.82) is 0 Å². The van der Waals surface area contributed by atoms with Gasteiger partial charge in [0.05, 0.1) is 11.7 Å². The summed E-state index contributed by atoms with van der Waals surface area (Å²) in [5.41, 5.74) is 0.988. The average Bonchev–Trinajstić information content (AvgIpc) is 2.40. The number of aliphatic carboxylic acids is 1. The number of amides is 1. The summed E-state index contributed by atoms with van der Waals surface area (Å²) in [5, 5.41) is 11.5. The van der Waals surface area contributed by atoms with Gasteiger partial charge in [-0.25, -0.2) is 4.79 Å². The number of hydrogen-bond donors (Lipinski definition) is 2. The molecule has 1 amide bonds. The molecule has 1 fully saturated rings. The predicted octanol–water partition coefficient (Wildman–Crippen LogP) is 1.09. The van der Waals surface area contributed by atoms with Crippen molar-refractivity contribution in [2.45, 2.75) is 25.0 Å². The maximum Gasteiger partial charge on any atom is 0.328 e. The van der Waals surface area contributed by atoms with Crippen LogP contribution in [0.2, 0.25) is 0 Å². The van der Waals surface area contributed by atoms with Gasteiger partial charge in [-0.2, -0.15) is 0 Å². The van der Waals surface area contributed by atoms with Crippen molar-refractivity contribution in [3.05, 3.63) is 35.7 Å². The molecule has 0 unspecified atom stereocenters. The summed E-state index contributed by atoms with van der Waals surface area (Å²) in [6.45, 7) is 0. The van der Waals surface area contributed by atoms with Crippen molar-refractivity contribution >= 4 is 18.0 Å². The zero-order valence-corrected chi connectivity index (χ0v) is 11.1. The second kappa shape index (κ2) is 6.29. The monoisotopic (exact) mass is 276 g/mol. The molecule has 0 aliphatic heterocycles. The van der Waals surface area contributed by atoms with Crippen LogP contribution in [0.5, 0.6) is 0 Å². The fourth-order valence-electron chi connectivity index (χ4n) is 1.99. The first-order valence-corrected chi connectivity index (χ1v) is 6.28. The van der Waals surface area contributed by atoms with Crippen LogP contribution in [0.15, 0.2) is 24.5 Å². The number of carboxylic acid groups (broad SMARTS) is 1. The number of nitrogens with zero attached hydrogens (tertiary/aromatic N) is 1. The van der Waals surface area contributed by atoms with Crippen molar-refractivity contribution in [2.24, 2.45) is 0 Å². The zero-order valence-electron chi connectivity index (χ0n) is 11.1. The van der Waals surface area contributed by atoms with E-state index < -0.39 is 5.97 Å². The van der Waals surface area contributed by atoms with Gasteiger partial charge in [-0.1, -0.05) is 0 Å². The van der Waals surface area contributed by atoms with Crippen molar-refractivity contribution in [1.82, 2.24) is 10.3 Å². The summed E-state index contributed by atoms with van der Waals surface area (Å²) in [6.07, 6.45) is 7.22. The van der Waals surface area contributed by atoms with Gasteiger partial charge in [0.25, 0.3) is 5.91 Å². The van der Waals surface area contributed by atoms with E-state index in [4.69, 9.17) is 9.84 Å². The van der Waals surface area contributed by atoms with Gasteiger partial charge in [0.15, 0.2) is 0 Å². The highest BCUT2D eigenvalue weighted by atomic mass is 16.5. The summed E-state index contributed by atoms with van der Waals surface area (Å²) in [7, 11) is 1.66. The molecule has 6 heteroatoms. The summed E-state index contributed by atoms with van der Waals surface area (Å²) >= 11 is 0. The summed E-state index contributed by atoms with van der Waals surface area (Å²) in [4.78, 5) is 26.4. The minimum atomic E-state index is -1.04. The highest BCUT2D eigenvalue weighted by molar-refractivity contribution is 5.95. The molecule has 1 aromatic rings. The molecular weight excluding hydrogens is 260 g/mol. The Morgan fingerprint density at radius 3 is 2.85 bits per heavy atom. The van der Waals surface area contributed by atoms with E-state index in [2.05, 4.69) is 10.3 Å². The molecule has 0 bridgehead atoms. The first-order valence-electron chi connectivity index (χ1n) is 6.28. The number of aromatic nitrogens is 1. The second-order valence-corrected chi connectivity index (χ2v) is 4.68. The lowest BCUT2D eigenvalue weighted by atomic mass is 9.89. The molecular formula is C14H16N2O4. The SMILES string of the molecule is COC1CC(NC(=O)c2cncc(/C=C/C(=O)O)c2)C1. The summed E-state index contributed by atoms with van der Waals surface area (Å²) in [6, 6.07) is 1.74. The molecule has 2 rings (SSSR count).